The molecule has 1 amide bonds. The molecule has 0 radical (unpaired) electrons. The Kier molecular flexibility index (Phi) is 6.61. The first-order valence-electron chi connectivity index (χ1n) is 13.5. The highest BCUT2D eigenvalue weighted by atomic mass is 16.6. The quantitative estimate of drug-likeness (QED) is 0.513. The third-order valence-corrected chi connectivity index (χ3v) is 7.32. The molecule has 2 aromatic heterocycles. The molecule has 0 saturated carbocycles. The van der Waals surface area contributed by atoms with Crippen molar-refractivity contribution >= 4 is 6.09 Å². The van der Waals surface area contributed by atoms with Crippen molar-refractivity contribution in [2.75, 3.05) is 39.4 Å². The van der Waals surface area contributed by atoms with Crippen molar-refractivity contribution in [2.45, 2.75) is 58.4 Å². The van der Waals surface area contributed by atoms with Gasteiger partial charge in [-0.05, 0) is 51.3 Å². The summed E-state index contributed by atoms with van der Waals surface area (Å²) in [6.07, 6.45) is 7.61. The summed E-state index contributed by atoms with van der Waals surface area (Å²) in [5.74, 6) is 1.78. The van der Waals surface area contributed by atoms with Gasteiger partial charge in [0.05, 0.1) is 36.8 Å². The van der Waals surface area contributed by atoms with E-state index in [1.165, 1.54) is 0 Å². The van der Waals surface area contributed by atoms with Gasteiger partial charge in [0.15, 0.2) is 5.82 Å². The van der Waals surface area contributed by atoms with Gasteiger partial charge in [-0.15, -0.1) is 0 Å². The average molecular weight is 521 g/mol. The summed E-state index contributed by atoms with van der Waals surface area (Å²) in [6, 6.07) is 6.57. The Morgan fingerprint density at radius 2 is 1.87 bits per heavy atom. The summed E-state index contributed by atoms with van der Waals surface area (Å²) >= 11 is 0. The van der Waals surface area contributed by atoms with Crippen LogP contribution in [-0.4, -0.2) is 80.2 Å². The number of carbonyl (C=O) groups is 1. The van der Waals surface area contributed by atoms with E-state index >= 15 is 0 Å². The smallest absolute Gasteiger partial charge is 0.410 e. The molecule has 38 heavy (non-hydrogen) atoms. The number of amides is 1. The number of nitrogens with zero attached hydrogens (tertiary/aromatic N) is 6. The highest BCUT2D eigenvalue weighted by molar-refractivity contribution is 5.69. The highest BCUT2D eigenvalue weighted by Gasteiger charge is 2.28. The van der Waals surface area contributed by atoms with Gasteiger partial charge in [-0.25, -0.2) is 9.78 Å². The highest BCUT2D eigenvalue weighted by Crippen LogP contribution is 2.35. The monoisotopic (exact) mass is 520 g/mol. The Hall–Kier alpha value is -3.37. The number of benzene rings is 1. The maximum absolute atomic E-state index is 12.4. The Balaban J connectivity index is 1.12. The minimum absolute atomic E-state index is 0.236. The molecule has 1 aromatic carbocycles. The average Bonchev–Trinajstić information content (AvgIpc) is 3.56. The lowest BCUT2D eigenvalue weighted by Gasteiger charge is -2.33. The van der Waals surface area contributed by atoms with E-state index in [0.29, 0.717) is 19.7 Å². The van der Waals surface area contributed by atoms with E-state index in [1.807, 2.05) is 31.6 Å². The van der Waals surface area contributed by atoms with Gasteiger partial charge in [-0.1, -0.05) is 6.07 Å². The maximum atomic E-state index is 12.4. The molecule has 3 aromatic rings. The Morgan fingerprint density at radius 1 is 1.08 bits per heavy atom. The molecule has 6 rings (SSSR count). The van der Waals surface area contributed by atoms with Gasteiger partial charge in [0.25, 0.3) is 0 Å². The van der Waals surface area contributed by atoms with Crippen molar-refractivity contribution in [1.82, 2.24) is 29.1 Å². The number of ether oxygens (including phenoxy) is 3. The van der Waals surface area contributed by atoms with Gasteiger partial charge < -0.3 is 19.1 Å². The van der Waals surface area contributed by atoms with Crippen LogP contribution < -0.4 is 4.74 Å². The Bertz CT molecular complexity index is 1290. The fourth-order valence-electron chi connectivity index (χ4n) is 5.32. The van der Waals surface area contributed by atoms with Crippen LogP contribution in [0.15, 0.2) is 36.8 Å². The van der Waals surface area contributed by atoms with Gasteiger partial charge in [0, 0.05) is 50.7 Å². The van der Waals surface area contributed by atoms with Gasteiger partial charge in [-0.2, -0.15) is 5.10 Å². The molecule has 0 bridgehead atoms. The predicted molar refractivity (Wildman–Crippen MR) is 141 cm³/mol. The van der Waals surface area contributed by atoms with Gasteiger partial charge >= 0.3 is 6.09 Å². The molecular weight excluding hydrogens is 484 g/mol. The van der Waals surface area contributed by atoms with E-state index in [4.69, 9.17) is 19.2 Å². The molecule has 2 fully saturated rings. The van der Waals surface area contributed by atoms with Gasteiger partial charge in [0.1, 0.15) is 18.0 Å². The van der Waals surface area contributed by atoms with Crippen LogP contribution in [0.5, 0.6) is 5.75 Å². The van der Waals surface area contributed by atoms with Gasteiger partial charge in [-0.3, -0.25) is 14.1 Å². The fourth-order valence-corrected chi connectivity index (χ4v) is 5.32. The van der Waals surface area contributed by atoms with E-state index in [-0.39, 0.29) is 12.1 Å². The second-order valence-electron chi connectivity index (χ2n) is 11.3. The molecule has 10 nitrogen and oxygen atoms in total. The number of hydrogen-bond acceptors (Lipinski definition) is 7. The van der Waals surface area contributed by atoms with Crippen LogP contribution in [0.4, 0.5) is 4.79 Å². The molecule has 202 valence electrons. The number of imidazole rings is 1. The standard InChI is InChI=1S/C28H36N6O4/c1-28(2,3)38-27(35)32-8-6-23(7-9-32)34-16-21(15-29-34)20-4-5-24-25(14-20)37-19-26-30-22(18-33(24)26)17-31-10-12-36-13-11-31/h4-5,14-16,18,23H,6-13,17,19H2,1-3H3. The molecular formula is C28H36N6O4. The fraction of sp³-hybridized carbons (Fsp3) is 0.536. The van der Waals surface area contributed by atoms with Crippen LogP contribution in [0.25, 0.3) is 16.8 Å². The lowest BCUT2D eigenvalue weighted by molar-refractivity contribution is 0.0184. The number of rotatable bonds is 4. The first-order valence-corrected chi connectivity index (χ1v) is 13.5. The van der Waals surface area contributed by atoms with E-state index in [2.05, 4.69) is 45.2 Å². The van der Waals surface area contributed by atoms with Crippen molar-refractivity contribution in [3.63, 3.8) is 0 Å². The van der Waals surface area contributed by atoms with Crippen LogP contribution in [0.2, 0.25) is 0 Å². The molecule has 3 aliphatic rings. The summed E-state index contributed by atoms with van der Waals surface area (Å²) in [5, 5.41) is 4.66. The van der Waals surface area contributed by atoms with Gasteiger partial charge in [0.2, 0.25) is 0 Å². The first-order chi connectivity index (χ1) is 18.3. The third kappa shape index (κ3) is 5.28. The number of aromatic nitrogens is 4. The normalized spacial score (nSPS) is 18.6. The molecule has 10 heteroatoms. The van der Waals surface area contributed by atoms with E-state index < -0.39 is 5.60 Å². The van der Waals surface area contributed by atoms with Crippen LogP contribution in [-0.2, 0) is 22.6 Å². The van der Waals surface area contributed by atoms with Crippen molar-refractivity contribution in [3.8, 4) is 22.6 Å². The van der Waals surface area contributed by atoms with Crippen molar-refractivity contribution in [3.05, 3.63) is 48.3 Å². The van der Waals surface area contributed by atoms with Crippen LogP contribution in [0, 0.1) is 0 Å². The second-order valence-corrected chi connectivity index (χ2v) is 11.3. The Morgan fingerprint density at radius 3 is 2.63 bits per heavy atom. The van der Waals surface area contributed by atoms with E-state index in [1.54, 1.807) is 4.90 Å². The van der Waals surface area contributed by atoms with Crippen molar-refractivity contribution < 1.29 is 19.0 Å². The Labute approximate surface area is 223 Å². The molecule has 2 saturated heterocycles. The minimum Gasteiger partial charge on any atom is -0.483 e. The number of fused-ring (bicyclic) bond motifs is 3. The molecule has 0 N–H and O–H groups in total. The minimum atomic E-state index is -0.478. The molecule has 0 atom stereocenters. The lowest BCUT2D eigenvalue weighted by atomic mass is 10.1. The maximum Gasteiger partial charge on any atom is 0.410 e. The molecule has 0 spiro atoms. The SMILES string of the molecule is CC(C)(C)OC(=O)N1CCC(n2cc(-c3ccc4c(c3)OCc3nc(CN5CCOCC5)cn3-4)cn2)CC1. The zero-order chi connectivity index (χ0) is 26.3. The van der Waals surface area contributed by atoms with Crippen LogP contribution in [0.1, 0.15) is 51.2 Å². The lowest BCUT2D eigenvalue weighted by Crippen LogP contribution is -2.42. The van der Waals surface area contributed by atoms with Crippen LogP contribution in [0.3, 0.4) is 0 Å². The molecule has 0 unspecified atom stereocenters. The number of likely N-dealkylation sites (tertiary alicyclic amines) is 1. The zero-order valence-electron chi connectivity index (χ0n) is 22.4. The first kappa shape index (κ1) is 24.9. The van der Waals surface area contributed by atoms with Crippen LogP contribution >= 0.6 is 0 Å². The summed E-state index contributed by atoms with van der Waals surface area (Å²) in [4.78, 5) is 21.4. The second kappa shape index (κ2) is 10.1. The van der Waals surface area contributed by atoms with Crippen molar-refractivity contribution in [1.29, 1.82) is 0 Å². The molecule has 0 aliphatic carbocycles. The molecule has 3 aliphatic heterocycles. The van der Waals surface area contributed by atoms with Crippen molar-refractivity contribution in [2.24, 2.45) is 0 Å². The largest absolute Gasteiger partial charge is 0.483 e. The summed E-state index contributed by atoms with van der Waals surface area (Å²) < 4.78 is 21.3. The number of piperidine rings is 1. The predicted octanol–water partition coefficient (Wildman–Crippen LogP) is 4.03. The molecule has 5 heterocycles. The van der Waals surface area contributed by atoms with E-state index in [9.17, 15) is 4.79 Å². The summed E-state index contributed by atoms with van der Waals surface area (Å²) in [6.45, 7) is 11.7. The number of morpholine rings is 1. The summed E-state index contributed by atoms with van der Waals surface area (Å²) in [5.41, 5.74) is 3.71. The zero-order valence-corrected chi connectivity index (χ0v) is 22.4. The topological polar surface area (TPSA) is 86.9 Å². The third-order valence-electron chi connectivity index (χ3n) is 7.32. The summed E-state index contributed by atoms with van der Waals surface area (Å²) in [7, 11) is 0. The number of hydrogen-bond donors (Lipinski definition) is 0. The number of carbonyl (C=O) groups excluding carboxylic acids is 1. The van der Waals surface area contributed by atoms with E-state index in [0.717, 1.165) is 79.8 Å².